The zero-order chi connectivity index (χ0) is 9.14. The lowest BCUT2D eigenvalue weighted by Crippen LogP contribution is -2.13. The van der Waals surface area contributed by atoms with Gasteiger partial charge in [0.05, 0.1) is 12.7 Å². The van der Waals surface area contributed by atoms with Crippen LogP contribution in [0, 0.1) is 0 Å². The Labute approximate surface area is 70.6 Å². The van der Waals surface area contributed by atoms with Crippen LogP contribution in [0.4, 0.5) is 0 Å². The van der Waals surface area contributed by atoms with Gasteiger partial charge in [0.15, 0.2) is 5.78 Å². The van der Waals surface area contributed by atoms with Crippen LogP contribution in [0.3, 0.4) is 0 Å². The lowest BCUT2D eigenvalue weighted by Gasteiger charge is -2.00. The van der Waals surface area contributed by atoms with Crippen LogP contribution in [0.2, 0.25) is 0 Å². The summed E-state index contributed by atoms with van der Waals surface area (Å²) >= 11 is 0. The predicted molar refractivity (Wildman–Crippen MR) is 43.8 cm³/mol. The summed E-state index contributed by atoms with van der Waals surface area (Å²) in [6.45, 7) is 3.91. The number of carbonyl (C=O) groups excluding carboxylic acids is 1. The molecule has 5 nitrogen and oxygen atoms in total. The molecule has 1 rings (SSSR count). The van der Waals surface area contributed by atoms with Crippen LogP contribution in [-0.2, 0) is 0 Å². The second-order valence-corrected chi connectivity index (χ2v) is 2.80. The number of rotatable bonds is 3. The molecule has 0 spiro atoms. The first-order valence-electron chi connectivity index (χ1n) is 3.80. The first kappa shape index (κ1) is 8.86. The number of hydrogen-bond acceptors (Lipinski definition) is 4. The van der Waals surface area contributed by atoms with Crippen LogP contribution < -0.4 is 5.73 Å². The first-order chi connectivity index (χ1) is 5.65. The van der Waals surface area contributed by atoms with Gasteiger partial charge in [-0.15, -0.1) is 5.10 Å². The molecule has 0 saturated heterocycles. The minimum atomic E-state index is -0.179. The molecular formula is C7H12N4O. The number of nitrogens with two attached hydrogens (primary N) is 1. The van der Waals surface area contributed by atoms with Gasteiger partial charge in [-0.3, -0.25) is 4.79 Å². The van der Waals surface area contributed by atoms with Crippen molar-refractivity contribution in [2.45, 2.75) is 19.9 Å². The van der Waals surface area contributed by atoms with Gasteiger partial charge in [-0.2, -0.15) is 0 Å². The van der Waals surface area contributed by atoms with E-state index < -0.39 is 0 Å². The third-order valence-electron chi connectivity index (χ3n) is 1.51. The summed E-state index contributed by atoms with van der Waals surface area (Å²) in [5, 5.41) is 7.47. The van der Waals surface area contributed by atoms with E-state index in [0.717, 1.165) is 0 Å². The van der Waals surface area contributed by atoms with E-state index in [1.807, 2.05) is 13.8 Å². The van der Waals surface area contributed by atoms with Crippen LogP contribution in [0.15, 0.2) is 6.20 Å². The summed E-state index contributed by atoms with van der Waals surface area (Å²) in [7, 11) is 0. The summed E-state index contributed by atoms with van der Waals surface area (Å²) in [6.07, 6.45) is 1.61. The monoisotopic (exact) mass is 168 g/mol. The van der Waals surface area contributed by atoms with Crippen molar-refractivity contribution < 1.29 is 4.79 Å². The summed E-state index contributed by atoms with van der Waals surface area (Å²) < 4.78 is 1.63. The quantitative estimate of drug-likeness (QED) is 0.645. The van der Waals surface area contributed by atoms with Crippen LogP contribution in [-0.4, -0.2) is 27.3 Å². The van der Waals surface area contributed by atoms with Crippen LogP contribution >= 0.6 is 0 Å². The normalized spacial score (nSPS) is 10.7. The second-order valence-electron chi connectivity index (χ2n) is 2.80. The number of carbonyl (C=O) groups is 1. The molecule has 12 heavy (non-hydrogen) atoms. The molecule has 0 atom stereocenters. The molecule has 0 saturated carbocycles. The van der Waals surface area contributed by atoms with Gasteiger partial charge in [0.2, 0.25) is 0 Å². The Morgan fingerprint density at radius 1 is 1.75 bits per heavy atom. The minimum Gasteiger partial charge on any atom is -0.324 e. The van der Waals surface area contributed by atoms with Crippen LogP contribution in [0.25, 0.3) is 0 Å². The molecule has 1 aromatic heterocycles. The summed E-state index contributed by atoms with van der Waals surface area (Å²) in [5.74, 6) is -0.179. The molecule has 5 heteroatoms. The molecular weight excluding hydrogens is 156 g/mol. The smallest absolute Gasteiger partial charge is 0.198 e. The van der Waals surface area contributed by atoms with Gasteiger partial charge in [-0.1, -0.05) is 5.21 Å². The third-order valence-corrected chi connectivity index (χ3v) is 1.51. The Hall–Kier alpha value is -1.23. The van der Waals surface area contributed by atoms with Crippen molar-refractivity contribution in [2.75, 3.05) is 6.54 Å². The van der Waals surface area contributed by atoms with Crippen LogP contribution in [0.5, 0.6) is 0 Å². The van der Waals surface area contributed by atoms with Crippen molar-refractivity contribution in [3.05, 3.63) is 11.9 Å². The number of ketones is 1. The molecule has 1 heterocycles. The van der Waals surface area contributed by atoms with Gasteiger partial charge in [-0.05, 0) is 13.8 Å². The molecule has 0 aliphatic carbocycles. The van der Waals surface area contributed by atoms with Crippen molar-refractivity contribution in [2.24, 2.45) is 5.73 Å². The van der Waals surface area contributed by atoms with Gasteiger partial charge in [-0.25, -0.2) is 4.68 Å². The largest absolute Gasteiger partial charge is 0.324 e. The molecule has 0 aliphatic heterocycles. The Bertz CT molecular complexity index is 279. The predicted octanol–water partition coefficient (Wildman–Crippen LogP) is 0.000400. The zero-order valence-electron chi connectivity index (χ0n) is 7.19. The highest BCUT2D eigenvalue weighted by atomic mass is 16.1. The van der Waals surface area contributed by atoms with Gasteiger partial charge in [0.1, 0.15) is 5.69 Å². The number of hydrogen-bond donors (Lipinski definition) is 1. The maximum atomic E-state index is 11.0. The van der Waals surface area contributed by atoms with E-state index in [-0.39, 0.29) is 18.4 Å². The fourth-order valence-corrected chi connectivity index (χ4v) is 0.761. The Morgan fingerprint density at radius 3 is 2.83 bits per heavy atom. The van der Waals surface area contributed by atoms with Crippen molar-refractivity contribution in [1.82, 2.24) is 15.0 Å². The molecule has 66 valence electrons. The molecule has 0 amide bonds. The molecule has 0 unspecified atom stereocenters. The number of nitrogens with zero attached hydrogens (tertiary/aromatic N) is 3. The van der Waals surface area contributed by atoms with Gasteiger partial charge < -0.3 is 5.73 Å². The standard InChI is InChI=1S/C7H12N4O/c1-5(2)11-4-6(9-10-11)7(12)3-8/h4-5H,3,8H2,1-2H3. The van der Waals surface area contributed by atoms with Crippen molar-refractivity contribution in [1.29, 1.82) is 0 Å². The number of Topliss-reactive ketones (excluding diaryl/α,β-unsaturated/α-hetero) is 1. The lowest BCUT2D eigenvalue weighted by molar-refractivity contribution is 0.0996. The molecule has 0 fully saturated rings. The third kappa shape index (κ3) is 1.68. The Kier molecular flexibility index (Phi) is 2.54. The molecule has 2 N–H and O–H groups in total. The average Bonchev–Trinajstić information content (AvgIpc) is 2.51. The maximum Gasteiger partial charge on any atom is 0.198 e. The molecule has 0 radical (unpaired) electrons. The minimum absolute atomic E-state index is 0.0171. The van der Waals surface area contributed by atoms with Gasteiger partial charge in [0.25, 0.3) is 0 Å². The van der Waals surface area contributed by atoms with Crippen molar-refractivity contribution >= 4 is 5.78 Å². The average molecular weight is 168 g/mol. The summed E-state index contributed by atoms with van der Waals surface area (Å²) in [6, 6.07) is 0.219. The highest BCUT2D eigenvalue weighted by molar-refractivity contribution is 5.95. The van der Waals surface area contributed by atoms with Gasteiger partial charge in [0, 0.05) is 6.04 Å². The van der Waals surface area contributed by atoms with E-state index in [1.165, 1.54) is 0 Å². The van der Waals surface area contributed by atoms with Crippen LogP contribution in [0.1, 0.15) is 30.4 Å². The Morgan fingerprint density at radius 2 is 2.42 bits per heavy atom. The first-order valence-corrected chi connectivity index (χ1v) is 3.80. The zero-order valence-corrected chi connectivity index (χ0v) is 7.19. The summed E-state index contributed by atoms with van der Waals surface area (Å²) in [4.78, 5) is 11.0. The van der Waals surface area contributed by atoms with E-state index in [4.69, 9.17) is 5.73 Å². The lowest BCUT2D eigenvalue weighted by atomic mass is 10.3. The maximum absolute atomic E-state index is 11.0. The Balaban J connectivity index is 2.84. The van der Waals surface area contributed by atoms with Crippen molar-refractivity contribution in [3.63, 3.8) is 0 Å². The van der Waals surface area contributed by atoms with E-state index in [1.54, 1.807) is 10.9 Å². The van der Waals surface area contributed by atoms with E-state index in [2.05, 4.69) is 10.3 Å². The summed E-state index contributed by atoms with van der Waals surface area (Å²) in [5.41, 5.74) is 5.50. The van der Waals surface area contributed by atoms with Crippen molar-refractivity contribution in [3.8, 4) is 0 Å². The fourth-order valence-electron chi connectivity index (χ4n) is 0.761. The number of aromatic nitrogens is 3. The molecule has 0 bridgehead atoms. The highest BCUT2D eigenvalue weighted by Crippen LogP contribution is 2.02. The fraction of sp³-hybridized carbons (Fsp3) is 0.571. The molecule has 1 aromatic rings. The van der Waals surface area contributed by atoms with Gasteiger partial charge >= 0.3 is 0 Å². The van der Waals surface area contributed by atoms with E-state index >= 15 is 0 Å². The second kappa shape index (κ2) is 3.44. The van der Waals surface area contributed by atoms with E-state index in [9.17, 15) is 4.79 Å². The topological polar surface area (TPSA) is 73.8 Å². The molecule has 0 aromatic carbocycles. The highest BCUT2D eigenvalue weighted by Gasteiger charge is 2.09. The SMILES string of the molecule is CC(C)n1cc(C(=O)CN)nn1. The van der Waals surface area contributed by atoms with E-state index in [0.29, 0.717) is 5.69 Å². The molecule has 0 aliphatic rings.